The fourth-order valence-electron chi connectivity index (χ4n) is 1.93. The van der Waals surface area contributed by atoms with Crippen LogP contribution in [0.2, 0.25) is 0 Å². The second-order valence-corrected chi connectivity index (χ2v) is 6.70. The van der Waals surface area contributed by atoms with Gasteiger partial charge in [-0.2, -0.15) is 0 Å². The summed E-state index contributed by atoms with van der Waals surface area (Å²) in [5.74, 6) is 0.945. The minimum Gasteiger partial charge on any atom is -0.454 e. The third-order valence-corrected chi connectivity index (χ3v) is 3.27. The maximum atomic E-state index is 11.0. The zero-order valence-electron chi connectivity index (χ0n) is 14.2. The monoisotopic (exact) mass is 308 g/mol. The number of furan rings is 1. The average molecular weight is 308 g/mol. The summed E-state index contributed by atoms with van der Waals surface area (Å²) in [5.41, 5.74) is 5.48. The molecule has 6 nitrogen and oxygen atoms in total. The molecule has 6 heteroatoms. The molecule has 0 spiro atoms. The molecule has 0 aliphatic heterocycles. The Labute approximate surface area is 132 Å². The second kappa shape index (κ2) is 7.87. The Morgan fingerprint density at radius 1 is 1.41 bits per heavy atom. The van der Waals surface area contributed by atoms with Crippen LogP contribution >= 0.6 is 0 Å². The average Bonchev–Trinajstić information content (AvgIpc) is 2.89. The first kappa shape index (κ1) is 18.1. The van der Waals surface area contributed by atoms with Crippen molar-refractivity contribution in [2.75, 3.05) is 7.05 Å². The Morgan fingerprint density at radius 3 is 2.59 bits per heavy atom. The highest BCUT2D eigenvalue weighted by Crippen LogP contribution is 2.21. The normalized spacial score (nSPS) is 13.8. The highest BCUT2D eigenvalue weighted by Gasteiger charge is 2.13. The number of carbonyl (C=O) groups is 1. The molecule has 1 aromatic rings. The van der Waals surface area contributed by atoms with Gasteiger partial charge < -0.3 is 20.8 Å². The van der Waals surface area contributed by atoms with Crippen LogP contribution in [0, 0.1) is 5.41 Å². The first-order valence-electron chi connectivity index (χ1n) is 7.57. The zero-order chi connectivity index (χ0) is 16.8. The molecule has 1 rings (SSSR count). The predicted molar refractivity (Wildman–Crippen MR) is 88.7 cm³/mol. The van der Waals surface area contributed by atoms with E-state index < -0.39 is 5.91 Å². The summed E-state index contributed by atoms with van der Waals surface area (Å²) >= 11 is 0. The Hall–Kier alpha value is -1.98. The smallest absolute Gasteiger partial charge is 0.284 e. The molecule has 1 atom stereocenters. The second-order valence-electron chi connectivity index (χ2n) is 6.70. The lowest BCUT2D eigenvalue weighted by atomic mass is 9.89. The summed E-state index contributed by atoms with van der Waals surface area (Å²) in [7, 11) is 1.72. The van der Waals surface area contributed by atoms with Crippen molar-refractivity contribution in [2.24, 2.45) is 16.1 Å². The van der Waals surface area contributed by atoms with E-state index in [2.05, 4.69) is 43.3 Å². The van der Waals surface area contributed by atoms with Crippen molar-refractivity contribution >= 4 is 11.9 Å². The van der Waals surface area contributed by atoms with Gasteiger partial charge in [0.1, 0.15) is 5.76 Å². The van der Waals surface area contributed by atoms with Crippen molar-refractivity contribution in [3.05, 3.63) is 23.7 Å². The van der Waals surface area contributed by atoms with Gasteiger partial charge in [0.25, 0.3) is 5.91 Å². The first-order chi connectivity index (χ1) is 10.2. The van der Waals surface area contributed by atoms with Crippen LogP contribution in [-0.4, -0.2) is 25.0 Å². The van der Waals surface area contributed by atoms with Gasteiger partial charge in [0, 0.05) is 13.1 Å². The molecule has 22 heavy (non-hydrogen) atoms. The van der Waals surface area contributed by atoms with Gasteiger partial charge in [0.05, 0.1) is 6.54 Å². The lowest BCUT2D eigenvalue weighted by Crippen LogP contribution is -2.42. The summed E-state index contributed by atoms with van der Waals surface area (Å²) in [6.07, 6.45) is 2.20. The van der Waals surface area contributed by atoms with Crippen LogP contribution in [0.4, 0.5) is 0 Å². The van der Waals surface area contributed by atoms with Crippen molar-refractivity contribution in [1.82, 2.24) is 10.6 Å². The molecule has 0 bridgehead atoms. The number of nitrogens with zero attached hydrogens (tertiary/aromatic N) is 1. The van der Waals surface area contributed by atoms with Crippen molar-refractivity contribution in [2.45, 2.75) is 53.1 Å². The molecule has 0 fully saturated rings. The Morgan fingerprint density at radius 2 is 2.09 bits per heavy atom. The third kappa shape index (κ3) is 6.65. The molecule has 0 aromatic carbocycles. The van der Waals surface area contributed by atoms with E-state index in [0.717, 1.165) is 12.8 Å². The van der Waals surface area contributed by atoms with E-state index in [1.807, 2.05) is 0 Å². The lowest BCUT2D eigenvalue weighted by Gasteiger charge is -2.22. The largest absolute Gasteiger partial charge is 0.454 e. The van der Waals surface area contributed by atoms with Gasteiger partial charge in [-0.15, -0.1) is 0 Å². The van der Waals surface area contributed by atoms with Gasteiger partial charge in [-0.1, -0.05) is 20.8 Å². The van der Waals surface area contributed by atoms with Gasteiger partial charge in [0.2, 0.25) is 0 Å². The van der Waals surface area contributed by atoms with Gasteiger partial charge in [-0.3, -0.25) is 9.79 Å². The van der Waals surface area contributed by atoms with E-state index in [1.54, 1.807) is 19.2 Å². The molecule has 1 heterocycles. The SMILES string of the molecule is CN=C(NCc1ccc(C(N)=O)o1)NC(C)CCC(C)(C)C. The Kier molecular flexibility index (Phi) is 6.46. The molecule has 1 aromatic heterocycles. The topological polar surface area (TPSA) is 92.6 Å². The van der Waals surface area contributed by atoms with Crippen LogP contribution in [0.5, 0.6) is 0 Å². The first-order valence-corrected chi connectivity index (χ1v) is 7.57. The Bertz CT molecular complexity index is 514. The van der Waals surface area contributed by atoms with Crippen LogP contribution in [0.3, 0.4) is 0 Å². The highest BCUT2D eigenvalue weighted by molar-refractivity contribution is 5.89. The molecule has 0 aliphatic rings. The standard InChI is InChI=1S/C16H28N4O2/c1-11(8-9-16(2,3)4)20-15(18-5)19-10-12-6-7-13(22-12)14(17)21/h6-7,11H,8-10H2,1-5H3,(H2,17,21)(H2,18,19,20). The number of hydrogen-bond acceptors (Lipinski definition) is 3. The molecule has 0 saturated carbocycles. The van der Waals surface area contributed by atoms with Crippen molar-refractivity contribution in [1.29, 1.82) is 0 Å². The fraction of sp³-hybridized carbons (Fsp3) is 0.625. The number of rotatable bonds is 6. The quantitative estimate of drug-likeness (QED) is 0.555. The van der Waals surface area contributed by atoms with E-state index in [9.17, 15) is 4.79 Å². The minimum absolute atomic E-state index is 0.165. The van der Waals surface area contributed by atoms with Crippen LogP contribution in [0.25, 0.3) is 0 Å². The molecule has 4 N–H and O–H groups in total. The maximum absolute atomic E-state index is 11.0. The molecule has 0 aliphatic carbocycles. The molecular weight excluding hydrogens is 280 g/mol. The Balaban J connectivity index is 2.43. The highest BCUT2D eigenvalue weighted by atomic mass is 16.3. The summed E-state index contributed by atoms with van der Waals surface area (Å²) in [4.78, 5) is 15.2. The van der Waals surface area contributed by atoms with E-state index in [-0.39, 0.29) is 5.76 Å². The molecule has 1 amide bonds. The van der Waals surface area contributed by atoms with Crippen LogP contribution in [0.1, 0.15) is 56.9 Å². The molecular formula is C16H28N4O2. The summed E-state index contributed by atoms with van der Waals surface area (Å²) < 4.78 is 5.32. The number of primary amides is 1. The predicted octanol–water partition coefficient (Wildman–Crippen LogP) is 2.26. The fourth-order valence-corrected chi connectivity index (χ4v) is 1.93. The van der Waals surface area contributed by atoms with Crippen LogP contribution < -0.4 is 16.4 Å². The van der Waals surface area contributed by atoms with Crippen molar-refractivity contribution < 1.29 is 9.21 Å². The van der Waals surface area contributed by atoms with Crippen LogP contribution in [-0.2, 0) is 6.54 Å². The number of guanidine groups is 1. The molecule has 1 unspecified atom stereocenters. The van der Waals surface area contributed by atoms with E-state index in [0.29, 0.717) is 29.7 Å². The zero-order valence-corrected chi connectivity index (χ0v) is 14.2. The number of nitrogens with one attached hydrogen (secondary N) is 2. The molecule has 0 radical (unpaired) electrons. The van der Waals surface area contributed by atoms with Gasteiger partial charge >= 0.3 is 0 Å². The molecule has 124 valence electrons. The van der Waals surface area contributed by atoms with E-state index in [4.69, 9.17) is 10.2 Å². The van der Waals surface area contributed by atoms with E-state index >= 15 is 0 Å². The van der Waals surface area contributed by atoms with Crippen molar-refractivity contribution in [3.63, 3.8) is 0 Å². The summed E-state index contributed by atoms with van der Waals surface area (Å²) in [5, 5.41) is 6.50. The van der Waals surface area contributed by atoms with Gasteiger partial charge in [0.15, 0.2) is 11.7 Å². The summed E-state index contributed by atoms with van der Waals surface area (Å²) in [6, 6.07) is 3.62. The number of aliphatic imine (C=N–C) groups is 1. The van der Waals surface area contributed by atoms with E-state index in [1.165, 1.54) is 0 Å². The van der Waals surface area contributed by atoms with Crippen molar-refractivity contribution in [3.8, 4) is 0 Å². The number of carbonyl (C=O) groups excluding carboxylic acids is 1. The number of amides is 1. The minimum atomic E-state index is -0.565. The third-order valence-electron chi connectivity index (χ3n) is 3.27. The van der Waals surface area contributed by atoms with Gasteiger partial charge in [-0.05, 0) is 37.3 Å². The summed E-state index contributed by atoms with van der Waals surface area (Å²) in [6.45, 7) is 9.29. The van der Waals surface area contributed by atoms with Gasteiger partial charge in [-0.25, -0.2) is 0 Å². The van der Waals surface area contributed by atoms with Crippen LogP contribution in [0.15, 0.2) is 21.5 Å². The lowest BCUT2D eigenvalue weighted by molar-refractivity contribution is 0.0972. The number of nitrogens with two attached hydrogens (primary N) is 1. The maximum Gasteiger partial charge on any atom is 0.284 e. The molecule has 0 saturated heterocycles. The number of hydrogen-bond donors (Lipinski definition) is 3.